The molecule has 0 bridgehead atoms. The van der Waals surface area contributed by atoms with Crippen LogP contribution in [0.2, 0.25) is 0 Å². The topological polar surface area (TPSA) is 88.2 Å². The van der Waals surface area contributed by atoms with E-state index in [2.05, 4.69) is 15.0 Å². The van der Waals surface area contributed by atoms with Gasteiger partial charge in [-0.15, -0.1) is 11.3 Å². The van der Waals surface area contributed by atoms with E-state index >= 15 is 0 Å². The molecule has 3 rings (SSSR count). The van der Waals surface area contributed by atoms with Gasteiger partial charge in [-0.05, 0) is 57.0 Å². The Morgan fingerprint density at radius 2 is 1.73 bits per heavy atom. The maximum absolute atomic E-state index is 13.0. The van der Waals surface area contributed by atoms with Crippen molar-refractivity contribution in [3.8, 4) is 21.0 Å². The van der Waals surface area contributed by atoms with Crippen LogP contribution in [0.15, 0.2) is 53.6 Å². The van der Waals surface area contributed by atoms with Gasteiger partial charge < -0.3 is 5.32 Å². The lowest BCUT2D eigenvalue weighted by atomic mass is 10.1. The molecule has 0 aliphatic rings. The lowest BCUT2D eigenvalue weighted by Gasteiger charge is -2.21. The molecule has 0 fully saturated rings. The minimum Gasteiger partial charge on any atom is -0.326 e. The van der Waals surface area contributed by atoms with Gasteiger partial charge in [0.1, 0.15) is 5.01 Å². The Labute approximate surface area is 181 Å². The minimum atomic E-state index is -3.72. The number of hydrogen-bond donors (Lipinski definition) is 2. The minimum absolute atomic E-state index is 0.125. The highest BCUT2D eigenvalue weighted by molar-refractivity contribution is 7.89. The number of hydrogen-bond acceptors (Lipinski definition) is 5. The number of anilines is 1. The second kappa shape index (κ2) is 8.29. The predicted octanol–water partition coefficient (Wildman–Crippen LogP) is 4.82. The zero-order chi connectivity index (χ0) is 22.1. The first-order valence-corrected chi connectivity index (χ1v) is 11.7. The average molecular weight is 444 g/mol. The van der Waals surface area contributed by atoms with Crippen molar-refractivity contribution in [1.82, 2.24) is 9.71 Å². The third kappa shape index (κ3) is 5.33. The zero-order valence-electron chi connectivity index (χ0n) is 17.6. The molecule has 6 nitrogen and oxygen atoms in total. The normalized spacial score (nSPS) is 12.0. The van der Waals surface area contributed by atoms with Crippen molar-refractivity contribution in [3.05, 3.63) is 54.2 Å². The van der Waals surface area contributed by atoms with E-state index in [1.165, 1.54) is 18.3 Å². The number of carbonyl (C=O) groups excluding carboxylic acids is 1. The summed E-state index contributed by atoms with van der Waals surface area (Å²) in [6, 6.07) is 12.8. The molecule has 2 aromatic carbocycles. The van der Waals surface area contributed by atoms with E-state index in [0.717, 1.165) is 21.7 Å². The van der Waals surface area contributed by atoms with Crippen molar-refractivity contribution in [2.45, 2.75) is 45.1 Å². The molecule has 30 heavy (non-hydrogen) atoms. The van der Waals surface area contributed by atoms with Crippen LogP contribution in [0.4, 0.5) is 5.69 Å². The van der Waals surface area contributed by atoms with E-state index in [1.807, 2.05) is 58.0 Å². The Morgan fingerprint density at radius 1 is 1.07 bits per heavy atom. The van der Waals surface area contributed by atoms with Gasteiger partial charge in [0, 0.05) is 29.9 Å². The number of thiazole rings is 1. The van der Waals surface area contributed by atoms with E-state index < -0.39 is 15.6 Å². The molecule has 0 atom stereocenters. The van der Waals surface area contributed by atoms with E-state index in [4.69, 9.17) is 0 Å². The molecule has 0 saturated carbocycles. The first-order valence-electron chi connectivity index (χ1n) is 9.43. The summed E-state index contributed by atoms with van der Waals surface area (Å²) in [6.07, 6.45) is 1.74. The van der Waals surface area contributed by atoms with Crippen LogP contribution in [0, 0.1) is 6.92 Å². The average Bonchev–Trinajstić information content (AvgIpc) is 3.09. The largest absolute Gasteiger partial charge is 0.326 e. The van der Waals surface area contributed by atoms with Gasteiger partial charge >= 0.3 is 0 Å². The van der Waals surface area contributed by atoms with Gasteiger partial charge in [0.05, 0.1) is 9.77 Å². The van der Waals surface area contributed by atoms with Crippen LogP contribution < -0.4 is 10.0 Å². The molecule has 3 aromatic rings. The second-order valence-electron chi connectivity index (χ2n) is 8.14. The van der Waals surface area contributed by atoms with Crippen LogP contribution in [0.1, 0.15) is 33.3 Å². The fraction of sp³-hybridized carbons (Fsp3) is 0.273. The van der Waals surface area contributed by atoms with Crippen molar-refractivity contribution in [1.29, 1.82) is 0 Å². The maximum atomic E-state index is 13.0. The predicted molar refractivity (Wildman–Crippen MR) is 122 cm³/mol. The molecule has 0 saturated heterocycles. The number of nitrogens with zero attached hydrogens (tertiary/aromatic N) is 1. The number of amides is 1. The number of benzene rings is 2. The summed E-state index contributed by atoms with van der Waals surface area (Å²) < 4.78 is 28.8. The number of rotatable bonds is 5. The Bertz CT molecular complexity index is 1180. The molecule has 2 N–H and O–H groups in total. The van der Waals surface area contributed by atoms with E-state index in [0.29, 0.717) is 10.6 Å². The molecule has 0 unspecified atom stereocenters. The second-order valence-corrected chi connectivity index (χ2v) is 10.8. The fourth-order valence-electron chi connectivity index (χ4n) is 2.94. The van der Waals surface area contributed by atoms with Gasteiger partial charge in [-0.1, -0.05) is 24.3 Å². The molecule has 158 valence electrons. The Morgan fingerprint density at radius 3 is 2.33 bits per heavy atom. The lowest BCUT2D eigenvalue weighted by Crippen LogP contribution is -2.40. The van der Waals surface area contributed by atoms with Gasteiger partial charge in [0.15, 0.2) is 0 Å². The van der Waals surface area contributed by atoms with Gasteiger partial charge in [-0.3, -0.25) is 4.79 Å². The van der Waals surface area contributed by atoms with Gasteiger partial charge in [-0.2, -0.15) is 0 Å². The monoisotopic (exact) mass is 443 g/mol. The van der Waals surface area contributed by atoms with Gasteiger partial charge in [0.2, 0.25) is 15.9 Å². The summed E-state index contributed by atoms with van der Waals surface area (Å²) in [7, 11) is -3.72. The molecular formula is C22H25N3O3S2. The molecule has 8 heteroatoms. The number of aromatic nitrogens is 1. The van der Waals surface area contributed by atoms with Gasteiger partial charge in [-0.25, -0.2) is 18.1 Å². The molecule has 1 heterocycles. The number of carbonyl (C=O) groups is 1. The molecule has 0 radical (unpaired) electrons. The SMILES string of the molecule is CC(=O)Nc1ccc(-c2cnc(-c3ccc(C)cc3S(=O)(=O)NC(C)(C)C)s2)cc1. The summed E-state index contributed by atoms with van der Waals surface area (Å²) >= 11 is 1.42. The molecule has 0 aliphatic carbocycles. The highest BCUT2D eigenvalue weighted by atomic mass is 32.2. The number of sulfonamides is 1. The van der Waals surface area contributed by atoms with Crippen molar-refractivity contribution in [2.75, 3.05) is 5.32 Å². The van der Waals surface area contributed by atoms with Crippen LogP contribution >= 0.6 is 11.3 Å². The number of nitrogens with one attached hydrogen (secondary N) is 2. The van der Waals surface area contributed by atoms with Crippen molar-refractivity contribution < 1.29 is 13.2 Å². The third-order valence-corrected chi connectivity index (χ3v) is 6.97. The van der Waals surface area contributed by atoms with E-state index in [9.17, 15) is 13.2 Å². The Balaban J connectivity index is 1.99. The van der Waals surface area contributed by atoms with Crippen molar-refractivity contribution in [3.63, 3.8) is 0 Å². The molecule has 0 spiro atoms. The quantitative estimate of drug-likeness (QED) is 0.592. The summed E-state index contributed by atoms with van der Waals surface area (Å²) in [5.41, 5.74) is 2.50. The number of aryl methyl sites for hydroxylation is 1. The van der Waals surface area contributed by atoms with Crippen molar-refractivity contribution in [2.24, 2.45) is 0 Å². The first kappa shape index (κ1) is 22.1. The fourth-order valence-corrected chi connectivity index (χ4v) is 5.68. The standard InChI is InChI=1S/C22H25N3O3S2/c1-14-6-11-18(20(12-14)30(27,28)25-22(3,4)5)21-23-13-19(29-21)16-7-9-17(10-8-16)24-15(2)26/h6-13,25H,1-5H3,(H,24,26). The van der Waals surface area contributed by atoms with Crippen molar-refractivity contribution >= 4 is 33.0 Å². The molecule has 1 aromatic heterocycles. The third-order valence-electron chi connectivity index (χ3n) is 4.09. The Kier molecular flexibility index (Phi) is 6.12. The molecule has 1 amide bonds. The summed E-state index contributed by atoms with van der Waals surface area (Å²) in [6.45, 7) is 8.76. The summed E-state index contributed by atoms with van der Waals surface area (Å²) in [5.74, 6) is -0.125. The van der Waals surface area contributed by atoms with Crippen LogP contribution in [0.5, 0.6) is 0 Å². The van der Waals surface area contributed by atoms with Crippen LogP contribution in [0.25, 0.3) is 21.0 Å². The van der Waals surface area contributed by atoms with Gasteiger partial charge in [0.25, 0.3) is 0 Å². The lowest BCUT2D eigenvalue weighted by molar-refractivity contribution is -0.114. The van der Waals surface area contributed by atoms with E-state index in [1.54, 1.807) is 18.3 Å². The first-order chi connectivity index (χ1) is 13.9. The van der Waals surface area contributed by atoms with Crippen LogP contribution in [-0.2, 0) is 14.8 Å². The highest BCUT2D eigenvalue weighted by Gasteiger charge is 2.26. The summed E-state index contributed by atoms with van der Waals surface area (Å²) in [5, 5.41) is 3.37. The maximum Gasteiger partial charge on any atom is 0.241 e. The highest BCUT2D eigenvalue weighted by Crippen LogP contribution is 2.36. The van der Waals surface area contributed by atoms with E-state index in [-0.39, 0.29) is 10.8 Å². The smallest absolute Gasteiger partial charge is 0.241 e. The van der Waals surface area contributed by atoms with Crippen LogP contribution in [0.3, 0.4) is 0 Å². The molecule has 0 aliphatic heterocycles. The Hall–Kier alpha value is -2.55. The summed E-state index contributed by atoms with van der Waals surface area (Å²) in [4.78, 5) is 16.8. The zero-order valence-corrected chi connectivity index (χ0v) is 19.2. The molecular weight excluding hydrogens is 418 g/mol. The van der Waals surface area contributed by atoms with Crippen LogP contribution in [-0.4, -0.2) is 24.8 Å².